The van der Waals surface area contributed by atoms with Crippen molar-refractivity contribution in [3.05, 3.63) is 16.2 Å². The van der Waals surface area contributed by atoms with E-state index in [-0.39, 0.29) is 10.2 Å². The van der Waals surface area contributed by atoms with E-state index in [9.17, 15) is 17.2 Å². The molecular formula is C7H7BrF2N2O3S. The summed E-state index contributed by atoms with van der Waals surface area (Å²) in [6.07, 6.45) is -2.92. The van der Waals surface area contributed by atoms with E-state index in [1.165, 1.54) is 7.11 Å². The van der Waals surface area contributed by atoms with E-state index in [4.69, 9.17) is 9.88 Å². The highest BCUT2D eigenvalue weighted by Gasteiger charge is 2.23. The van der Waals surface area contributed by atoms with E-state index < -0.39 is 27.2 Å². The van der Waals surface area contributed by atoms with E-state index >= 15 is 0 Å². The molecular weight excluding hydrogens is 310 g/mol. The number of rotatable bonds is 3. The molecule has 0 bridgehead atoms. The Morgan fingerprint density at radius 1 is 1.56 bits per heavy atom. The Balaban J connectivity index is 3.53. The third-order valence-electron chi connectivity index (χ3n) is 1.63. The minimum absolute atomic E-state index is 0.0493. The Kier molecular flexibility index (Phi) is 3.81. The summed E-state index contributed by atoms with van der Waals surface area (Å²) in [6.45, 7) is 0. The van der Waals surface area contributed by atoms with Crippen LogP contribution >= 0.6 is 15.9 Å². The third kappa shape index (κ3) is 2.66. The summed E-state index contributed by atoms with van der Waals surface area (Å²) in [6, 6.07) is 1.08. The van der Waals surface area contributed by atoms with Gasteiger partial charge in [-0.3, -0.25) is 0 Å². The van der Waals surface area contributed by atoms with Gasteiger partial charge in [0.1, 0.15) is 5.69 Å². The number of aromatic nitrogens is 1. The first-order chi connectivity index (χ1) is 7.27. The molecule has 0 aliphatic heterocycles. The average Bonchev–Trinajstić information content (AvgIpc) is 2.14. The van der Waals surface area contributed by atoms with Crippen molar-refractivity contribution in [3.8, 4) is 5.75 Å². The minimum atomic E-state index is -4.21. The van der Waals surface area contributed by atoms with Gasteiger partial charge >= 0.3 is 0 Å². The van der Waals surface area contributed by atoms with Crippen LogP contribution in [-0.4, -0.2) is 20.5 Å². The van der Waals surface area contributed by atoms with Crippen LogP contribution in [0.5, 0.6) is 5.75 Å². The summed E-state index contributed by atoms with van der Waals surface area (Å²) in [7, 11) is -3.03. The van der Waals surface area contributed by atoms with Crippen molar-refractivity contribution >= 4 is 26.0 Å². The maximum Gasteiger partial charge on any atom is 0.281 e. The van der Waals surface area contributed by atoms with Gasteiger partial charge in [-0.05, 0) is 22.0 Å². The number of nitrogens with zero attached hydrogens (tertiary/aromatic N) is 1. The molecule has 0 saturated heterocycles. The van der Waals surface area contributed by atoms with Gasteiger partial charge in [0.05, 0.1) is 7.11 Å². The first-order valence-corrected chi connectivity index (χ1v) is 6.16. The summed E-state index contributed by atoms with van der Waals surface area (Å²) in [4.78, 5) is 3.28. The first-order valence-electron chi connectivity index (χ1n) is 3.82. The highest BCUT2D eigenvalue weighted by molar-refractivity contribution is 9.10. The predicted molar refractivity (Wildman–Crippen MR) is 54.8 cm³/mol. The molecule has 0 saturated carbocycles. The predicted octanol–water partition coefficient (Wildman–Crippen LogP) is 1.44. The quantitative estimate of drug-likeness (QED) is 0.914. The van der Waals surface area contributed by atoms with E-state index in [1.54, 1.807) is 0 Å². The van der Waals surface area contributed by atoms with Crippen LogP contribution in [0.4, 0.5) is 8.78 Å². The third-order valence-corrected chi connectivity index (χ3v) is 3.10. The van der Waals surface area contributed by atoms with Crippen molar-refractivity contribution in [1.29, 1.82) is 0 Å². The Bertz CT molecular complexity index is 507. The molecule has 0 amide bonds. The number of sulfonamides is 1. The number of primary sulfonamides is 1. The number of halogens is 3. The summed E-state index contributed by atoms with van der Waals surface area (Å²) in [5.41, 5.74) is -0.704. The van der Waals surface area contributed by atoms with Gasteiger partial charge in [0, 0.05) is 4.47 Å². The Labute approximate surface area is 98.8 Å². The molecule has 0 fully saturated rings. The lowest BCUT2D eigenvalue weighted by Crippen LogP contribution is -2.16. The standard InChI is InChI=1S/C7H7BrF2N2O3S/c1-15-4-2-3(8)5(6(9)10)12-7(4)16(11,13)14/h2,6H,1H3,(H2,11,13,14). The zero-order valence-electron chi connectivity index (χ0n) is 7.95. The molecule has 2 N–H and O–H groups in total. The maximum absolute atomic E-state index is 12.5. The summed E-state index contributed by atoms with van der Waals surface area (Å²) in [5.74, 6) is -0.196. The number of nitrogens with two attached hydrogens (primary N) is 1. The number of pyridine rings is 1. The lowest BCUT2D eigenvalue weighted by Gasteiger charge is -2.09. The van der Waals surface area contributed by atoms with Gasteiger partial charge in [-0.15, -0.1) is 0 Å². The number of hydrogen-bond donors (Lipinski definition) is 1. The molecule has 0 atom stereocenters. The molecule has 0 aliphatic carbocycles. The summed E-state index contributed by atoms with van der Waals surface area (Å²) >= 11 is 2.83. The van der Waals surface area contributed by atoms with E-state index in [0.29, 0.717) is 0 Å². The molecule has 1 heterocycles. The zero-order valence-corrected chi connectivity index (χ0v) is 10.3. The molecule has 9 heteroatoms. The highest BCUT2D eigenvalue weighted by atomic mass is 79.9. The second-order valence-electron chi connectivity index (χ2n) is 2.71. The van der Waals surface area contributed by atoms with Crippen LogP contribution in [0.3, 0.4) is 0 Å². The van der Waals surface area contributed by atoms with Crippen LogP contribution in [-0.2, 0) is 10.0 Å². The van der Waals surface area contributed by atoms with E-state index in [1.807, 2.05) is 0 Å². The molecule has 1 rings (SSSR count). The van der Waals surface area contributed by atoms with Crippen molar-refractivity contribution in [1.82, 2.24) is 4.98 Å². The molecule has 0 unspecified atom stereocenters. The molecule has 5 nitrogen and oxygen atoms in total. The SMILES string of the molecule is COc1cc(Br)c(C(F)F)nc1S(N)(=O)=O. The zero-order chi connectivity index (χ0) is 12.5. The second kappa shape index (κ2) is 4.60. The lowest BCUT2D eigenvalue weighted by atomic mass is 10.3. The molecule has 1 aromatic rings. The van der Waals surface area contributed by atoms with Gasteiger partial charge in [-0.1, -0.05) is 0 Å². The van der Waals surface area contributed by atoms with Crippen molar-refractivity contribution < 1.29 is 21.9 Å². The molecule has 16 heavy (non-hydrogen) atoms. The molecule has 0 spiro atoms. The smallest absolute Gasteiger partial charge is 0.281 e. The average molecular weight is 317 g/mol. The fourth-order valence-electron chi connectivity index (χ4n) is 0.972. The minimum Gasteiger partial charge on any atom is -0.494 e. The molecule has 0 aliphatic rings. The number of ether oxygens (including phenoxy) is 1. The van der Waals surface area contributed by atoms with Crippen LogP contribution in [0.15, 0.2) is 15.6 Å². The Morgan fingerprint density at radius 2 is 2.12 bits per heavy atom. The van der Waals surface area contributed by atoms with Gasteiger partial charge in [0.2, 0.25) is 5.03 Å². The van der Waals surface area contributed by atoms with Crippen molar-refractivity contribution in [3.63, 3.8) is 0 Å². The number of hydrogen-bond acceptors (Lipinski definition) is 4. The highest BCUT2D eigenvalue weighted by Crippen LogP contribution is 2.32. The van der Waals surface area contributed by atoms with E-state index in [2.05, 4.69) is 20.9 Å². The summed E-state index contributed by atoms with van der Waals surface area (Å²) in [5, 5.41) is 4.11. The molecule has 0 radical (unpaired) electrons. The van der Waals surface area contributed by atoms with Crippen LogP contribution in [0, 0.1) is 0 Å². The van der Waals surface area contributed by atoms with Crippen molar-refractivity contribution in [2.45, 2.75) is 11.5 Å². The van der Waals surface area contributed by atoms with Crippen LogP contribution in [0.2, 0.25) is 0 Å². The number of methoxy groups -OCH3 is 1. The summed E-state index contributed by atoms with van der Waals surface area (Å²) < 4.78 is 51.7. The number of alkyl halides is 2. The van der Waals surface area contributed by atoms with Crippen LogP contribution in [0.1, 0.15) is 12.1 Å². The van der Waals surface area contributed by atoms with Gasteiger partial charge < -0.3 is 4.74 Å². The normalized spacial score (nSPS) is 11.9. The Morgan fingerprint density at radius 3 is 2.50 bits per heavy atom. The van der Waals surface area contributed by atoms with E-state index in [0.717, 1.165) is 6.07 Å². The van der Waals surface area contributed by atoms with Crippen molar-refractivity contribution in [2.24, 2.45) is 5.14 Å². The topological polar surface area (TPSA) is 82.3 Å². The van der Waals surface area contributed by atoms with Gasteiger partial charge in [0.15, 0.2) is 5.75 Å². The molecule has 90 valence electrons. The van der Waals surface area contributed by atoms with Gasteiger partial charge in [0.25, 0.3) is 16.4 Å². The lowest BCUT2D eigenvalue weighted by molar-refractivity contribution is 0.144. The molecule has 0 aromatic carbocycles. The maximum atomic E-state index is 12.5. The van der Waals surface area contributed by atoms with Crippen molar-refractivity contribution in [2.75, 3.05) is 7.11 Å². The second-order valence-corrected chi connectivity index (χ2v) is 5.04. The largest absolute Gasteiger partial charge is 0.494 e. The fourth-order valence-corrected chi connectivity index (χ4v) is 2.09. The molecule has 1 aromatic heterocycles. The van der Waals surface area contributed by atoms with Gasteiger partial charge in [-0.25, -0.2) is 27.3 Å². The first kappa shape index (κ1) is 13.3. The Hall–Kier alpha value is -0.800. The van der Waals surface area contributed by atoms with Crippen LogP contribution in [0.25, 0.3) is 0 Å². The fraction of sp³-hybridized carbons (Fsp3) is 0.286. The van der Waals surface area contributed by atoms with Gasteiger partial charge in [-0.2, -0.15) is 0 Å². The van der Waals surface area contributed by atoms with Crippen LogP contribution < -0.4 is 9.88 Å². The monoisotopic (exact) mass is 316 g/mol.